The molecule has 70 valence electrons. The Labute approximate surface area is 85.3 Å². The van der Waals surface area contributed by atoms with E-state index in [-0.39, 0.29) is 9.99 Å². The van der Waals surface area contributed by atoms with Gasteiger partial charge in [0.25, 0.3) is 6.43 Å². The summed E-state index contributed by atoms with van der Waals surface area (Å²) in [4.78, 5) is 23.6. The lowest BCUT2D eigenvalue weighted by Crippen LogP contribution is -2.14. The van der Waals surface area contributed by atoms with Crippen LogP contribution in [0, 0.1) is 3.70 Å². The maximum absolute atomic E-state index is 12.2. The van der Waals surface area contributed by atoms with Gasteiger partial charge in [-0.1, -0.05) is 0 Å². The molecule has 0 aliphatic rings. The molecule has 0 aliphatic heterocycles. The fraction of sp³-hybridized carbons (Fsp3) is 0.143. The van der Waals surface area contributed by atoms with Crippen LogP contribution in [0.2, 0.25) is 0 Å². The van der Waals surface area contributed by atoms with Crippen molar-refractivity contribution in [1.82, 2.24) is 4.98 Å². The summed E-state index contributed by atoms with van der Waals surface area (Å²) in [6, 6.07) is 1.09. The number of alkyl halides is 2. The Morgan fingerprint density at radius 2 is 2.15 bits per heavy atom. The molecule has 0 saturated heterocycles. The highest BCUT2D eigenvalue weighted by Crippen LogP contribution is 2.18. The number of aldehydes is 1. The standard InChI is InChI=1S/C7H4F2INO2/c8-7(9)6-3(2-12)4(13)1-5(10)11-6/h1-2,7H,(H,11,13). The highest BCUT2D eigenvalue weighted by atomic mass is 127. The fourth-order valence-corrected chi connectivity index (χ4v) is 1.42. The minimum absolute atomic E-state index is 0.135. The number of aromatic nitrogens is 1. The summed E-state index contributed by atoms with van der Waals surface area (Å²) in [5.74, 6) is 0. The summed E-state index contributed by atoms with van der Waals surface area (Å²) in [5, 5.41) is 0. The molecule has 1 N–H and O–H groups in total. The van der Waals surface area contributed by atoms with Gasteiger partial charge in [0, 0.05) is 6.07 Å². The van der Waals surface area contributed by atoms with Crippen LogP contribution in [0.25, 0.3) is 0 Å². The predicted molar refractivity (Wildman–Crippen MR) is 50.1 cm³/mol. The minimum Gasteiger partial charge on any atom is -0.348 e. The van der Waals surface area contributed by atoms with Gasteiger partial charge in [-0.25, -0.2) is 8.78 Å². The van der Waals surface area contributed by atoms with Crippen molar-refractivity contribution < 1.29 is 13.6 Å². The van der Waals surface area contributed by atoms with Crippen molar-refractivity contribution >= 4 is 28.9 Å². The summed E-state index contributed by atoms with van der Waals surface area (Å²) in [6.45, 7) is 0. The molecular weight excluding hydrogens is 295 g/mol. The Kier molecular flexibility index (Phi) is 3.12. The maximum Gasteiger partial charge on any atom is 0.279 e. The van der Waals surface area contributed by atoms with E-state index in [9.17, 15) is 18.4 Å². The second-order valence-electron chi connectivity index (χ2n) is 2.23. The summed E-state index contributed by atoms with van der Waals surface area (Å²) in [5.41, 5.74) is -1.81. The number of hydrogen-bond donors (Lipinski definition) is 1. The number of hydrogen-bond acceptors (Lipinski definition) is 2. The average molecular weight is 299 g/mol. The molecule has 13 heavy (non-hydrogen) atoms. The minimum atomic E-state index is -2.84. The first kappa shape index (κ1) is 10.3. The van der Waals surface area contributed by atoms with Crippen molar-refractivity contribution in [3.8, 4) is 0 Å². The van der Waals surface area contributed by atoms with E-state index >= 15 is 0 Å². The van der Waals surface area contributed by atoms with Crippen molar-refractivity contribution in [1.29, 1.82) is 0 Å². The molecule has 0 bridgehead atoms. The van der Waals surface area contributed by atoms with Gasteiger partial charge in [0.2, 0.25) is 0 Å². The SMILES string of the molecule is O=Cc1c(C(F)F)[nH]c(I)cc1=O. The molecular formula is C7H4F2INO2. The van der Waals surface area contributed by atoms with Crippen LogP contribution in [0.15, 0.2) is 10.9 Å². The Bertz CT molecular complexity index is 389. The lowest BCUT2D eigenvalue weighted by Gasteiger charge is -2.03. The van der Waals surface area contributed by atoms with Gasteiger partial charge in [-0.05, 0) is 22.6 Å². The molecule has 0 amide bonds. The van der Waals surface area contributed by atoms with E-state index in [1.54, 1.807) is 22.6 Å². The van der Waals surface area contributed by atoms with Crippen molar-refractivity contribution in [2.24, 2.45) is 0 Å². The van der Waals surface area contributed by atoms with Crippen molar-refractivity contribution in [3.63, 3.8) is 0 Å². The van der Waals surface area contributed by atoms with Crippen molar-refractivity contribution in [2.45, 2.75) is 6.43 Å². The Balaban J connectivity index is 3.47. The van der Waals surface area contributed by atoms with Crippen LogP contribution >= 0.6 is 22.6 Å². The first-order chi connectivity index (χ1) is 6.06. The molecule has 0 fully saturated rings. The number of nitrogens with one attached hydrogen (secondary N) is 1. The van der Waals surface area contributed by atoms with E-state index in [2.05, 4.69) is 4.98 Å². The number of rotatable bonds is 2. The highest BCUT2D eigenvalue weighted by Gasteiger charge is 2.16. The molecule has 6 heteroatoms. The van der Waals surface area contributed by atoms with Crippen LogP contribution < -0.4 is 5.43 Å². The molecule has 1 aromatic rings. The largest absolute Gasteiger partial charge is 0.348 e. The maximum atomic E-state index is 12.2. The molecule has 0 radical (unpaired) electrons. The second-order valence-corrected chi connectivity index (χ2v) is 3.39. The monoisotopic (exact) mass is 299 g/mol. The van der Waals surface area contributed by atoms with Crippen LogP contribution in [0.5, 0.6) is 0 Å². The number of H-pyrrole nitrogens is 1. The third-order valence-electron chi connectivity index (χ3n) is 1.40. The summed E-state index contributed by atoms with van der Waals surface area (Å²) >= 11 is 1.69. The zero-order valence-electron chi connectivity index (χ0n) is 6.18. The van der Waals surface area contributed by atoms with E-state index in [4.69, 9.17) is 0 Å². The number of aromatic amines is 1. The molecule has 0 spiro atoms. The molecule has 1 heterocycles. The first-order valence-electron chi connectivity index (χ1n) is 3.22. The lowest BCUT2D eigenvalue weighted by molar-refractivity contribution is 0.110. The van der Waals surface area contributed by atoms with E-state index in [0.717, 1.165) is 6.07 Å². The second kappa shape index (κ2) is 3.95. The summed E-state index contributed by atoms with van der Waals surface area (Å²) < 4.78 is 24.8. The summed E-state index contributed by atoms with van der Waals surface area (Å²) in [7, 11) is 0. The van der Waals surface area contributed by atoms with Gasteiger partial charge in [-0.3, -0.25) is 9.59 Å². The smallest absolute Gasteiger partial charge is 0.279 e. The number of halogens is 3. The van der Waals surface area contributed by atoms with E-state index < -0.39 is 23.1 Å². The first-order valence-corrected chi connectivity index (χ1v) is 4.30. The van der Waals surface area contributed by atoms with Gasteiger partial charge in [0.15, 0.2) is 11.7 Å². The van der Waals surface area contributed by atoms with Crippen LogP contribution in [0.3, 0.4) is 0 Å². The molecule has 1 rings (SSSR count). The summed E-state index contributed by atoms with van der Waals surface area (Å²) in [6.07, 6.45) is -2.71. The Morgan fingerprint density at radius 3 is 2.62 bits per heavy atom. The predicted octanol–water partition coefficient (Wildman–Crippen LogP) is 1.73. The normalized spacial score (nSPS) is 10.5. The number of carbonyl (C=O) groups is 1. The van der Waals surface area contributed by atoms with Gasteiger partial charge in [0.05, 0.1) is 15.0 Å². The van der Waals surface area contributed by atoms with Gasteiger partial charge >= 0.3 is 0 Å². The molecule has 0 unspecified atom stereocenters. The average Bonchev–Trinajstić information content (AvgIpc) is 2.02. The van der Waals surface area contributed by atoms with Crippen LogP contribution in [-0.4, -0.2) is 11.3 Å². The highest BCUT2D eigenvalue weighted by molar-refractivity contribution is 14.1. The van der Waals surface area contributed by atoms with Crippen molar-refractivity contribution in [2.75, 3.05) is 0 Å². The molecule has 3 nitrogen and oxygen atoms in total. The topological polar surface area (TPSA) is 49.9 Å². The Morgan fingerprint density at radius 1 is 1.54 bits per heavy atom. The molecule has 0 aliphatic carbocycles. The molecule has 0 saturated carbocycles. The third-order valence-corrected chi connectivity index (χ3v) is 1.98. The Hall–Kier alpha value is -0.790. The lowest BCUT2D eigenvalue weighted by atomic mass is 10.2. The third kappa shape index (κ3) is 2.11. The van der Waals surface area contributed by atoms with Crippen molar-refractivity contribution in [3.05, 3.63) is 31.2 Å². The van der Waals surface area contributed by atoms with Crippen LogP contribution in [0.4, 0.5) is 8.78 Å². The van der Waals surface area contributed by atoms with Crippen LogP contribution in [-0.2, 0) is 0 Å². The van der Waals surface area contributed by atoms with Crippen LogP contribution in [0.1, 0.15) is 22.5 Å². The zero-order chi connectivity index (χ0) is 10.0. The zero-order valence-corrected chi connectivity index (χ0v) is 8.34. The molecule has 1 aromatic heterocycles. The number of pyridine rings is 1. The van der Waals surface area contributed by atoms with E-state index in [0.29, 0.717) is 0 Å². The van der Waals surface area contributed by atoms with E-state index in [1.807, 2.05) is 0 Å². The van der Waals surface area contributed by atoms with E-state index in [1.165, 1.54) is 0 Å². The van der Waals surface area contributed by atoms with Gasteiger partial charge in [0.1, 0.15) is 0 Å². The van der Waals surface area contributed by atoms with Gasteiger partial charge in [-0.15, -0.1) is 0 Å². The quantitative estimate of drug-likeness (QED) is 0.513. The van der Waals surface area contributed by atoms with Gasteiger partial charge < -0.3 is 4.98 Å². The number of carbonyl (C=O) groups excluding carboxylic acids is 1. The fourth-order valence-electron chi connectivity index (χ4n) is 0.851. The molecule has 0 atom stereocenters. The van der Waals surface area contributed by atoms with Gasteiger partial charge in [-0.2, -0.15) is 0 Å². The molecule has 0 aromatic carbocycles.